The van der Waals surface area contributed by atoms with Crippen LogP contribution < -0.4 is 11.1 Å². The Balaban J connectivity index is 2.39. The SMILES string of the molecule is CCC(C)N(C)CCNCc1cccc(/C(N)=N/O)c1. The van der Waals surface area contributed by atoms with Crippen molar-refractivity contribution in [2.45, 2.75) is 32.9 Å². The summed E-state index contributed by atoms with van der Waals surface area (Å²) in [5.74, 6) is 0.142. The number of nitrogens with zero attached hydrogens (tertiary/aromatic N) is 2. The third-order valence-corrected chi connectivity index (χ3v) is 3.64. The second kappa shape index (κ2) is 8.55. The van der Waals surface area contributed by atoms with Gasteiger partial charge >= 0.3 is 0 Å². The third-order valence-electron chi connectivity index (χ3n) is 3.64. The van der Waals surface area contributed by atoms with Gasteiger partial charge in [0.05, 0.1) is 0 Å². The zero-order chi connectivity index (χ0) is 15.0. The minimum atomic E-state index is 0.142. The predicted octanol–water partition coefficient (Wildman–Crippen LogP) is 1.60. The molecule has 0 aliphatic carbocycles. The van der Waals surface area contributed by atoms with Crippen LogP contribution in [0.3, 0.4) is 0 Å². The van der Waals surface area contributed by atoms with Crippen LogP contribution in [0.25, 0.3) is 0 Å². The van der Waals surface area contributed by atoms with Crippen molar-refractivity contribution in [3.63, 3.8) is 0 Å². The Kier molecular flexibility index (Phi) is 7.04. The summed E-state index contributed by atoms with van der Waals surface area (Å²) < 4.78 is 0. The van der Waals surface area contributed by atoms with Gasteiger partial charge in [-0.1, -0.05) is 30.3 Å². The van der Waals surface area contributed by atoms with E-state index in [0.717, 1.165) is 37.2 Å². The lowest BCUT2D eigenvalue weighted by Gasteiger charge is -2.23. The van der Waals surface area contributed by atoms with Gasteiger partial charge in [0, 0.05) is 31.2 Å². The van der Waals surface area contributed by atoms with Gasteiger partial charge in [0.15, 0.2) is 5.84 Å². The molecular weight excluding hydrogens is 252 g/mol. The van der Waals surface area contributed by atoms with E-state index < -0.39 is 0 Å². The van der Waals surface area contributed by atoms with Crippen LogP contribution in [0.1, 0.15) is 31.4 Å². The molecule has 1 aromatic rings. The molecule has 0 aliphatic rings. The Morgan fingerprint density at radius 2 is 2.25 bits per heavy atom. The quantitative estimate of drug-likeness (QED) is 0.222. The van der Waals surface area contributed by atoms with Crippen molar-refractivity contribution in [1.82, 2.24) is 10.2 Å². The number of amidine groups is 1. The summed E-state index contributed by atoms with van der Waals surface area (Å²) in [6.45, 7) is 7.18. The molecule has 0 fully saturated rings. The van der Waals surface area contributed by atoms with Gasteiger partial charge in [-0.05, 0) is 32.0 Å². The van der Waals surface area contributed by atoms with Crippen molar-refractivity contribution in [1.29, 1.82) is 0 Å². The van der Waals surface area contributed by atoms with Crippen molar-refractivity contribution in [3.05, 3.63) is 35.4 Å². The van der Waals surface area contributed by atoms with Crippen LogP contribution in [0.15, 0.2) is 29.4 Å². The molecule has 1 unspecified atom stereocenters. The molecule has 0 spiro atoms. The normalized spacial score (nSPS) is 13.7. The highest BCUT2D eigenvalue weighted by Crippen LogP contribution is 2.05. The molecule has 0 amide bonds. The molecule has 1 rings (SSSR count). The van der Waals surface area contributed by atoms with Crippen molar-refractivity contribution in [3.8, 4) is 0 Å². The van der Waals surface area contributed by atoms with Crippen LogP contribution >= 0.6 is 0 Å². The number of nitrogens with two attached hydrogens (primary N) is 1. The highest BCUT2D eigenvalue weighted by molar-refractivity contribution is 5.97. The first-order valence-corrected chi connectivity index (χ1v) is 7.06. The van der Waals surface area contributed by atoms with Crippen molar-refractivity contribution in [2.75, 3.05) is 20.1 Å². The Morgan fingerprint density at radius 1 is 1.50 bits per heavy atom. The minimum absolute atomic E-state index is 0.142. The number of hydrogen-bond donors (Lipinski definition) is 3. The monoisotopic (exact) mass is 278 g/mol. The summed E-state index contributed by atoms with van der Waals surface area (Å²) in [6.07, 6.45) is 1.16. The van der Waals surface area contributed by atoms with Crippen LogP contribution in [0.5, 0.6) is 0 Å². The van der Waals surface area contributed by atoms with Crippen molar-refractivity contribution in [2.24, 2.45) is 10.9 Å². The first-order chi connectivity index (χ1) is 9.58. The maximum absolute atomic E-state index is 8.67. The van der Waals surface area contributed by atoms with Gasteiger partial charge in [-0.25, -0.2) is 0 Å². The van der Waals surface area contributed by atoms with E-state index in [2.05, 4.69) is 36.3 Å². The second-order valence-electron chi connectivity index (χ2n) is 5.10. The lowest BCUT2D eigenvalue weighted by molar-refractivity contribution is 0.252. The highest BCUT2D eigenvalue weighted by Gasteiger charge is 2.05. The van der Waals surface area contributed by atoms with Gasteiger partial charge in [-0.3, -0.25) is 0 Å². The van der Waals surface area contributed by atoms with Crippen LogP contribution in [0, 0.1) is 0 Å². The zero-order valence-corrected chi connectivity index (χ0v) is 12.6. The van der Waals surface area contributed by atoms with Crippen LogP contribution in [0.4, 0.5) is 0 Å². The first kappa shape index (κ1) is 16.5. The Hall–Kier alpha value is -1.59. The number of nitrogens with one attached hydrogen (secondary N) is 1. The molecule has 112 valence electrons. The Labute approximate surface area is 121 Å². The fourth-order valence-corrected chi connectivity index (χ4v) is 1.92. The maximum atomic E-state index is 8.67. The first-order valence-electron chi connectivity index (χ1n) is 7.06. The van der Waals surface area contributed by atoms with Gasteiger partial charge in [0.1, 0.15) is 0 Å². The van der Waals surface area contributed by atoms with Gasteiger partial charge in [-0.15, -0.1) is 0 Å². The van der Waals surface area contributed by atoms with E-state index >= 15 is 0 Å². The molecule has 0 saturated heterocycles. The van der Waals surface area contributed by atoms with Gasteiger partial charge in [0.2, 0.25) is 0 Å². The fraction of sp³-hybridized carbons (Fsp3) is 0.533. The molecule has 0 bridgehead atoms. The summed E-state index contributed by atoms with van der Waals surface area (Å²) in [5.41, 5.74) is 7.44. The standard InChI is InChI=1S/C15H26N4O/c1-4-12(2)19(3)9-8-17-11-13-6-5-7-14(10-13)15(16)18-20/h5-7,10,12,17,20H,4,8-9,11H2,1-3H3,(H2,16,18). The lowest BCUT2D eigenvalue weighted by atomic mass is 10.1. The smallest absolute Gasteiger partial charge is 0.170 e. The average molecular weight is 278 g/mol. The molecular formula is C15H26N4O. The molecule has 5 heteroatoms. The minimum Gasteiger partial charge on any atom is -0.409 e. The van der Waals surface area contributed by atoms with E-state index in [4.69, 9.17) is 10.9 Å². The molecule has 0 saturated carbocycles. The largest absolute Gasteiger partial charge is 0.409 e. The maximum Gasteiger partial charge on any atom is 0.170 e. The summed E-state index contributed by atoms with van der Waals surface area (Å²) in [4.78, 5) is 2.35. The molecule has 1 atom stereocenters. The number of oxime groups is 1. The number of hydrogen-bond acceptors (Lipinski definition) is 4. The molecule has 5 nitrogen and oxygen atoms in total. The van der Waals surface area contributed by atoms with Crippen LogP contribution in [-0.4, -0.2) is 42.1 Å². The topological polar surface area (TPSA) is 73.9 Å². The summed E-state index contributed by atoms with van der Waals surface area (Å²) >= 11 is 0. The third kappa shape index (κ3) is 5.19. The van der Waals surface area contributed by atoms with E-state index in [1.165, 1.54) is 0 Å². The van der Waals surface area contributed by atoms with E-state index in [0.29, 0.717) is 6.04 Å². The van der Waals surface area contributed by atoms with Crippen LogP contribution in [0.2, 0.25) is 0 Å². The number of likely N-dealkylation sites (N-methyl/N-ethyl adjacent to an activating group) is 1. The van der Waals surface area contributed by atoms with Crippen molar-refractivity contribution >= 4 is 5.84 Å². The highest BCUT2D eigenvalue weighted by atomic mass is 16.4. The summed E-state index contributed by atoms with van der Waals surface area (Å²) in [6, 6.07) is 8.31. The molecule has 4 N–H and O–H groups in total. The molecule has 20 heavy (non-hydrogen) atoms. The van der Waals surface area contributed by atoms with Crippen LogP contribution in [-0.2, 0) is 6.54 Å². The molecule has 0 radical (unpaired) electrons. The zero-order valence-electron chi connectivity index (χ0n) is 12.6. The fourth-order valence-electron chi connectivity index (χ4n) is 1.92. The van der Waals surface area contributed by atoms with E-state index in [1.54, 1.807) is 0 Å². The second-order valence-corrected chi connectivity index (χ2v) is 5.10. The Morgan fingerprint density at radius 3 is 2.90 bits per heavy atom. The van der Waals surface area contributed by atoms with Gasteiger partial charge in [0.25, 0.3) is 0 Å². The van der Waals surface area contributed by atoms with E-state index in [9.17, 15) is 0 Å². The Bertz CT molecular complexity index is 434. The van der Waals surface area contributed by atoms with Gasteiger partial charge in [-0.2, -0.15) is 0 Å². The van der Waals surface area contributed by atoms with E-state index in [1.807, 2.05) is 24.3 Å². The van der Waals surface area contributed by atoms with Gasteiger partial charge < -0.3 is 21.2 Å². The molecule has 0 heterocycles. The molecule has 0 aromatic heterocycles. The predicted molar refractivity (Wildman–Crippen MR) is 83.0 cm³/mol. The summed E-state index contributed by atoms with van der Waals surface area (Å²) in [7, 11) is 2.15. The lowest BCUT2D eigenvalue weighted by Crippen LogP contribution is -2.34. The number of rotatable bonds is 8. The summed E-state index contributed by atoms with van der Waals surface area (Å²) in [5, 5.41) is 15.1. The molecule has 0 aliphatic heterocycles. The average Bonchev–Trinajstić information content (AvgIpc) is 2.49. The number of benzene rings is 1. The van der Waals surface area contributed by atoms with Crippen molar-refractivity contribution < 1.29 is 5.21 Å². The molecule has 1 aromatic carbocycles. The van der Waals surface area contributed by atoms with E-state index in [-0.39, 0.29) is 5.84 Å².